The summed E-state index contributed by atoms with van der Waals surface area (Å²) < 4.78 is 33.8. The Balaban J connectivity index is 1.65. The zero-order valence-electron chi connectivity index (χ0n) is 14.6. The zero-order valence-corrected chi connectivity index (χ0v) is 15.4. The van der Waals surface area contributed by atoms with Crippen LogP contribution in [0.5, 0.6) is 5.75 Å². The molecule has 1 aromatic heterocycles. The molecule has 2 nitrogen and oxygen atoms in total. The number of pyridine rings is 1. The van der Waals surface area contributed by atoms with Crippen LogP contribution in [0, 0.1) is 17.6 Å². The lowest BCUT2D eigenvalue weighted by Crippen LogP contribution is -2.13. The van der Waals surface area contributed by atoms with E-state index in [1.807, 2.05) is 32.0 Å². The van der Waals surface area contributed by atoms with Crippen LogP contribution in [0.25, 0.3) is 0 Å². The van der Waals surface area contributed by atoms with Gasteiger partial charge in [-0.15, -0.1) is 11.8 Å². The van der Waals surface area contributed by atoms with Crippen molar-refractivity contribution < 1.29 is 13.5 Å². The Bertz CT molecular complexity index is 708. The number of hydrogen-bond donors (Lipinski definition) is 0. The zero-order chi connectivity index (χ0) is 17.8. The highest BCUT2D eigenvalue weighted by atomic mass is 32.2. The third-order valence-electron chi connectivity index (χ3n) is 4.19. The van der Waals surface area contributed by atoms with Crippen molar-refractivity contribution in [3.63, 3.8) is 0 Å². The SMILES string of the molecule is CC(C)Cc1cc(F)c(OCc2cccc(SC3CCC3)n2)c(F)c1. The number of rotatable bonds is 7. The molecule has 3 rings (SSSR count). The average molecular weight is 363 g/mol. The van der Waals surface area contributed by atoms with Gasteiger partial charge >= 0.3 is 0 Å². The van der Waals surface area contributed by atoms with E-state index in [0.717, 1.165) is 5.03 Å². The quantitative estimate of drug-likeness (QED) is 0.622. The van der Waals surface area contributed by atoms with Crippen LogP contribution in [0.3, 0.4) is 0 Å². The average Bonchev–Trinajstić information content (AvgIpc) is 2.50. The van der Waals surface area contributed by atoms with Crippen LogP contribution in [0.1, 0.15) is 44.4 Å². The van der Waals surface area contributed by atoms with Gasteiger partial charge in [-0.05, 0) is 55.0 Å². The van der Waals surface area contributed by atoms with Gasteiger partial charge < -0.3 is 4.74 Å². The molecule has 134 valence electrons. The van der Waals surface area contributed by atoms with Crippen LogP contribution in [-0.2, 0) is 13.0 Å². The van der Waals surface area contributed by atoms with Gasteiger partial charge in [0.05, 0.1) is 10.7 Å². The van der Waals surface area contributed by atoms with E-state index in [1.54, 1.807) is 11.8 Å². The highest BCUT2D eigenvalue weighted by molar-refractivity contribution is 7.99. The number of halogens is 2. The predicted molar refractivity (Wildman–Crippen MR) is 97.0 cm³/mol. The maximum atomic E-state index is 14.2. The Kier molecular flexibility index (Phi) is 5.94. The third-order valence-corrected chi connectivity index (χ3v) is 5.46. The highest BCUT2D eigenvalue weighted by Gasteiger charge is 2.19. The van der Waals surface area contributed by atoms with Crippen LogP contribution < -0.4 is 4.74 Å². The molecule has 0 saturated heterocycles. The Morgan fingerprint density at radius 1 is 1.20 bits per heavy atom. The van der Waals surface area contributed by atoms with Crippen molar-refractivity contribution in [2.24, 2.45) is 5.92 Å². The molecule has 0 radical (unpaired) electrons. The molecule has 1 aliphatic rings. The van der Waals surface area contributed by atoms with E-state index in [0.29, 0.717) is 28.8 Å². The van der Waals surface area contributed by atoms with E-state index < -0.39 is 11.6 Å². The molecule has 1 heterocycles. The van der Waals surface area contributed by atoms with Crippen molar-refractivity contribution in [3.8, 4) is 5.75 Å². The van der Waals surface area contributed by atoms with Crippen LogP contribution in [0.4, 0.5) is 8.78 Å². The number of nitrogens with zero attached hydrogens (tertiary/aromatic N) is 1. The number of benzene rings is 1. The first-order chi connectivity index (χ1) is 12.0. The Morgan fingerprint density at radius 2 is 1.92 bits per heavy atom. The molecule has 0 unspecified atom stereocenters. The maximum Gasteiger partial charge on any atom is 0.191 e. The lowest BCUT2D eigenvalue weighted by atomic mass is 10.0. The molecule has 0 atom stereocenters. The largest absolute Gasteiger partial charge is 0.481 e. The van der Waals surface area contributed by atoms with E-state index in [1.165, 1.54) is 31.4 Å². The molecule has 1 aliphatic carbocycles. The second kappa shape index (κ2) is 8.17. The summed E-state index contributed by atoms with van der Waals surface area (Å²) in [5, 5.41) is 1.59. The van der Waals surface area contributed by atoms with E-state index in [4.69, 9.17) is 4.74 Å². The lowest BCUT2D eigenvalue weighted by Gasteiger charge is -2.24. The van der Waals surface area contributed by atoms with Crippen LogP contribution in [0.2, 0.25) is 0 Å². The standard InChI is InChI=1S/C20H23F2NOS/c1-13(2)9-14-10-17(21)20(18(22)11-14)24-12-15-5-3-8-19(23-15)25-16-6-4-7-16/h3,5,8,10-11,13,16H,4,6-7,9,12H2,1-2H3. The molecule has 1 saturated carbocycles. The number of aromatic nitrogens is 1. The van der Waals surface area contributed by atoms with Gasteiger partial charge in [0.25, 0.3) is 0 Å². The minimum absolute atomic E-state index is 0.0520. The van der Waals surface area contributed by atoms with Crippen molar-refractivity contribution in [1.82, 2.24) is 4.98 Å². The first kappa shape index (κ1) is 18.2. The van der Waals surface area contributed by atoms with Crippen molar-refractivity contribution >= 4 is 11.8 Å². The molecule has 0 bridgehead atoms. The summed E-state index contributed by atoms with van der Waals surface area (Å²) in [6.45, 7) is 4.08. The van der Waals surface area contributed by atoms with Gasteiger partial charge in [0.2, 0.25) is 0 Å². The van der Waals surface area contributed by atoms with E-state index in [-0.39, 0.29) is 12.4 Å². The second-order valence-corrected chi connectivity index (χ2v) is 8.23. The van der Waals surface area contributed by atoms with Crippen LogP contribution >= 0.6 is 11.8 Å². The van der Waals surface area contributed by atoms with Gasteiger partial charge in [0.15, 0.2) is 17.4 Å². The monoisotopic (exact) mass is 363 g/mol. The molecule has 0 spiro atoms. The molecule has 0 amide bonds. The summed E-state index contributed by atoms with van der Waals surface area (Å²) >= 11 is 1.77. The van der Waals surface area contributed by atoms with Crippen molar-refractivity contribution in [2.75, 3.05) is 0 Å². The number of ether oxygens (including phenoxy) is 1. The van der Waals surface area contributed by atoms with Gasteiger partial charge in [-0.3, -0.25) is 0 Å². The summed E-state index contributed by atoms with van der Waals surface area (Å²) in [5.74, 6) is -1.30. The minimum Gasteiger partial charge on any atom is -0.481 e. The molecule has 0 N–H and O–H groups in total. The topological polar surface area (TPSA) is 22.1 Å². The van der Waals surface area contributed by atoms with E-state index in [2.05, 4.69) is 4.98 Å². The first-order valence-electron chi connectivity index (χ1n) is 8.74. The van der Waals surface area contributed by atoms with Crippen LogP contribution in [0.15, 0.2) is 35.4 Å². The van der Waals surface area contributed by atoms with Gasteiger partial charge in [0, 0.05) is 5.25 Å². The smallest absolute Gasteiger partial charge is 0.191 e. The first-order valence-corrected chi connectivity index (χ1v) is 9.62. The van der Waals surface area contributed by atoms with Crippen molar-refractivity contribution in [3.05, 3.63) is 53.2 Å². The molecule has 0 aliphatic heterocycles. The Morgan fingerprint density at radius 3 is 2.52 bits per heavy atom. The summed E-state index contributed by atoms with van der Waals surface area (Å²) in [6, 6.07) is 8.40. The normalized spacial score (nSPS) is 14.6. The fraction of sp³-hybridized carbons (Fsp3) is 0.450. The van der Waals surface area contributed by atoms with Gasteiger partial charge in [-0.25, -0.2) is 13.8 Å². The highest BCUT2D eigenvalue weighted by Crippen LogP contribution is 2.35. The minimum atomic E-state index is -0.657. The second-order valence-electron chi connectivity index (χ2n) is 6.91. The third kappa shape index (κ3) is 4.94. The molecule has 1 fully saturated rings. The molecular weight excluding hydrogens is 340 g/mol. The Labute approximate surface area is 152 Å². The van der Waals surface area contributed by atoms with Crippen molar-refractivity contribution in [2.45, 2.75) is 56.4 Å². The number of thioether (sulfide) groups is 1. The summed E-state index contributed by atoms with van der Waals surface area (Å²) in [7, 11) is 0. The van der Waals surface area contributed by atoms with Gasteiger partial charge in [0.1, 0.15) is 6.61 Å². The van der Waals surface area contributed by atoms with Crippen LogP contribution in [-0.4, -0.2) is 10.2 Å². The maximum absolute atomic E-state index is 14.2. The molecule has 25 heavy (non-hydrogen) atoms. The molecule has 5 heteroatoms. The lowest BCUT2D eigenvalue weighted by molar-refractivity contribution is 0.269. The molecule has 1 aromatic carbocycles. The Hall–Kier alpha value is -1.62. The fourth-order valence-electron chi connectivity index (χ4n) is 2.75. The summed E-state index contributed by atoms with van der Waals surface area (Å²) in [5.41, 5.74) is 1.32. The molecular formula is C20H23F2NOS. The summed E-state index contributed by atoms with van der Waals surface area (Å²) in [4.78, 5) is 4.52. The van der Waals surface area contributed by atoms with Gasteiger partial charge in [-0.1, -0.05) is 26.3 Å². The predicted octanol–water partition coefficient (Wildman–Crippen LogP) is 5.78. The van der Waals surface area contributed by atoms with E-state index in [9.17, 15) is 8.78 Å². The fourth-order valence-corrected chi connectivity index (χ4v) is 3.99. The van der Waals surface area contributed by atoms with Gasteiger partial charge in [-0.2, -0.15) is 0 Å². The van der Waals surface area contributed by atoms with Crippen molar-refractivity contribution in [1.29, 1.82) is 0 Å². The summed E-state index contributed by atoms with van der Waals surface area (Å²) in [6.07, 6.45) is 4.38. The molecule has 2 aromatic rings. The van der Waals surface area contributed by atoms with E-state index >= 15 is 0 Å². The number of hydrogen-bond acceptors (Lipinski definition) is 3.